The maximum Gasteiger partial charge on any atom is 0.399 e. The Hall–Kier alpha value is -1.15. The van der Waals surface area contributed by atoms with Crippen molar-refractivity contribution in [2.45, 2.75) is 5.66 Å². The number of carbonyl (C=O) groups is 2. The zero-order valence-electron chi connectivity index (χ0n) is 8.85. The summed E-state index contributed by atoms with van der Waals surface area (Å²) in [6.07, 6.45) is 0. The van der Waals surface area contributed by atoms with Crippen molar-refractivity contribution in [3.05, 3.63) is 33.3 Å². The van der Waals surface area contributed by atoms with Crippen molar-refractivity contribution in [1.29, 1.82) is 0 Å². The Bertz CT molecular complexity index is 656. The molecule has 0 radical (unpaired) electrons. The van der Waals surface area contributed by atoms with E-state index in [0.717, 1.165) is 6.07 Å². The highest BCUT2D eigenvalue weighted by Gasteiger charge is 2.52. The Morgan fingerprint density at radius 2 is 1.63 bits per heavy atom. The van der Waals surface area contributed by atoms with E-state index in [2.05, 4.69) is 15.9 Å². The summed E-state index contributed by atoms with van der Waals surface area (Å²) in [5.41, 5.74) is -6.00. The molecule has 0 aromatic heterocycles. The predicted molar refractivity (Wildman–Crippen MR) is 61.9 cm³/mol. The summed E-state index contributed by atoms with van der Waals surface area (Å²) in [7, 11) is -5.76. The van der Waals surface area contributed by atoms with Crippen LogP contribution < -0.4 is 5.32 Å². The van der Waals surface area contributed by atoms with Gasteiger partial charge in [-0.2, -0.15) is 8.78 Å². The molecule has 0 aliphatic carbocycles. The summed E-state index contributed by atoms with van der Waals surface area (Å²) in [4.78, 5) is 39.9. The number of benzene rings is 1. The Labute approximate surface area is 113 Å². The van der Waals surface area contributed by atoms with Gasteiger partial charge in [0.25, 0.3) is 11.8 Å². The van der Waals surface area contributed by atoms with Crippen LogP contribution in [-0.2, 0) is 10.2 Å². The minimum Gasteiger partial charge on any atom is -0.320 e. The van der Waals surface area contributed by atoms with Gasteiger partial charge in [0.05, 0.1) is 11.1 Å². The molecule has 0 saturated carbocycles. The van der Waals surface area contributed by atoms with E-state index in [9.17, 15) is 22.9 Å². The van der Waals surface area contributed by atoms with Gasteiger partial charge in [0.15, 0.2) is 0 Å². The van der Waals surface area contributed by atoms with Gasteiger partial charge in [0.1, 0.15) is 0 Å². The number of fused-ring (bicyclic) bond motifs is 1. The van der Waals surface area contributed by atoms with E-state index in [-0.39, 0.29) is 15.6 Å². The van der Waals surface area contributed by atoms with E-state index < -0.39 is 30.6 Å². The molecule has 2 amide bonds. The molecule has 1 aliphatic heterocycles. The average Bonchev–Trinajstić information content (AvgIpc) is 2.51. The van der Waals surface area contributed by atoms with Crippen LogP contribution in [0.3, 0.4) is 0 Å². The third kappa shape index (κ3) is 2.12. The number of hydrogen-bond acceptors (Lipinski definition) is 3. The van der Waals surface area contributed by atoms with Gasteiger partial charge in [-0.3, -0.25) is 19.5 Å². The van der Waals surface area contributed by atoms with Crippen molar-refractivity contribution in [3.8, 4) is 0 Å². The summed E-state index contributed by atoms with van der Waals surface area (Å²) >= 11 is 2.71. The zero-order valence-corrected chi connectivity index (χ0v) is 11.3. The quantitative estimate of drug-likeness (QED) is 0.551. The second-order valence-electron chi connectivity index (χ2n) is 3.75. The molecule has 0 saturated heterocycles. The van der Waals surface area contributed by atoms with Gasteiger partial charge in [-0.1, -0.05) is 15.9 Å². The van der Waals surface area contributed by atoms with Crippen molar-refractivity contribution >= 4 is 35.3 Å². The number of imide groups is 1. The molecule has 0 unspecified atom stereocenters. The molecule has 19 heavy (non-hydrogen) atoms. The molecule has 10 heteroatoms. The molecule has 0 fully saturated rings. The highest BCUT2D eigenvalue weighted by Crippen LogP contribution is 2.60. The van der Waals surface area contributed by atoms with E-state index in [4.69, 9.17) is 9.79 Å². The van der Waals surface area contributed by atoms with Gasteiger partial charge in [0.2, 0.25) is 0 Å². The van der Waals surface area contributed by atoms with Gasteiger partial charge in [-0.25, -0.2) is 0 Å². The van der Waals surface area contributed by atoms with E-state index in [1.54, 1.807) is 0 Å². The van der Waals surface area contributed by atoms with Crippen molar-refractivity contribution in [2.24, 2.45) is 0 Å². The van der Waals surface area contributed by atoms with E-state index in [0.29, 0.717) is 6.07 Å². The molecule has 2 rings (SSSR count). The maximum atomic E-state index is 13.6. The molecule has 102 valence electrons. The van der Waals surface area contributed by atoms with Crippen LogP contribution in [-0.4, -0.2) is 21.6 Å². The van der Waals surface area contributed by atoms with Crippen LogP contribution in [0.4, 0.5) is 8.78 Å². The van der Waals surface area contributed by atoms with Crippen LogP contribution in [0.5, 0.6) is 0 Å². The second kappa shape index (κ2) is 4.17. The average molecular weight is 356 g/mol. The van der Waals surface area contributed by atoms with Gasteiger partial charge < -0.3 is 9.79 Å². The Morgan fingerprint density at radius 3 is 2.11 bits per heavy atom. The molecule has 6 nitrogen and oxygen atoms in total. The van der Waals surface area contributed by atoms with Crippen LogP contribution in [0.1, 0.15) is 26.3 Å². The molecule has 0 atom stereocenters. The monoisotopic (exact) mass is 355 g/mol. The Morgan fingerprint density at radius 1 is 1.16 bits per heavy atom. The minimum atomic E-state index is -5.76. The first-order chi connectivity index (χ1) is 8.55. The van der Waals surface area contributed by atoms with E-state index in [1.807, 2.05) is 5.32 Å². The summed E-state index contributed by atoms with van der Waals surface area (Å²) in [6.45, 7) is 0. The smallest absolute Gasteiger partial charge is 0.320 e. The first kappa shape index (κ1) is 14.3. The van der Waals surface area contributed by atoms with Crippen LogP contribution >= 0.6 is 23.5 Å². The Kier molecular flexibility index (Phi) is 3.13. The summed E-state index contributed by atoms with van der Waals surface area (Å²) < 4.78 is 37.7. The van der Waals surface area contributed by atoms with E-state index in [1.165, 1.54) is 0 Å². The first-order valence-electron chi connectivity index (χ1n) is 4.69. The standard InChI is InChI=1S/C9H5BrF2NO5P/c10-6-2-4-3(7(14)13-8(4)15)1-5(6)9(11,12)19(16,17)18/h1-2H,(H,13,14,15)(H2,16,17,18). The lowest BCUT2D eigenvalue weighted by atomic mass is 10.1. The largest absolute Gasteiger partial charge is 0.399 e. The normalized spacial score (nSPS) is 15.4. The van der Waals surface area contributed by atoms with Gasteiger partial charge in [-0.15, -0.1) is 0 Å². The Balaban J connectivity index is 2.69. The number of hydrogen-bond donors (Lipinski definition) is 3. The van der Waals surface area contributed by atoms with Crippen molar-refractivity contribution in [2.75, 3.05) is 0 Å². The number of halogens is 3. The fraction of sp³-hybridized carbons (Fsp3) is 0.111. The molecular weight excluding hydrogens is 351 g/mol. The third-order valence-electron chi connectivity index (χ3n) is 2.51. The lowest BCUT2D eigenvalue weighted by molar-refractivity contribution is 0.0556. The highest BCUT2D eigenvalue weighted by atomic mass is 79.9. The summed E-state index contributed by atoms with van der Waals surface area (Å²) in [5.74, 6) is -1.65. The zero-order chi connectivity index (χ0) is 14.6. The molecule has 0 bridgehead atoms. The van der Waals surface area contributed by atoms with Gasteiger partial charge in [0, 0.05) is 10.0 Å². The van der Waals surface area contributed by atoms with Crippen molar-refractivity contribution < 1.29 is 32.7 Å². The fourth-order valence-electron chi connectivity index (χ4n) is 1.57. The maximum absolute atomic E-state index is 13.6. The van der Waals surface area contributed by atoms with Crippen LogP contribution in [0.15, 0.2) is 16.6 Å². The number of alkyl halides is 2. The van der Waals surface area contributed by atoms with Crippen molar-refractivity contribution in [1.82, 2.24) is 5.32 Å². The third-order valence-corrected chi connectivity index (χ3v) is 4.14. The number of rotatable bonds is 2. The molecule has 0 spiro atoms. The predicted octanol–water partition coefficient (Wildman–Crippen LogP) is 1.56. The first-order valence-corrected chi connectivity index (χ1v) is 7.09. The molecule has 1 aliphatic rings. The summed E-state index contributed by atoms with van der Waals surface area (Å²) in [5, 5.41) is 1.89. The van der Waals surface area contributed by atoms with Crippen LogP contribution in [0, 0.1) is 0 Å². The molecular formula is C9H5BrF2NO5P. The fourth-order valence-corrected chi connectivity index (χ4v) is 2.82. The summed E-state index contributed by atoms with van der Waals surface area (Å²) in [6, 6.07) is 1.52. The van der Waals surface area contributed by atoms with Gasteiger partial charge in [-0.05, 0) is 12.1 Å². The topological polar surface area (TPSA) is 104 Å². The SMILES string of the molecule is O=C1NC(=O)c2cc(C(F)(F)P(=O)(O)O)c(Br)cc21. The number of nitrogens with one attached hydrogen (secondary N) is 1. The molecule has 1 heterocycles. The van der Waals surface area contributed by atoms with Crippen LogP contribution in [0.2, 0.25) is 0 Å². The van der Waals surface area contributed by atoms with Crippen molar-refractivity contribution in [3.63, 3.8) is 0 Å². The second-order valence-corrected chi connectivity index (χ2v) is 6.25. The van der Waals surface area contributed by atoms with Gasteiger partial charge >= 0.3 is 13.3 Å². The molecule has 1 aromatic carbocycles. The lowest BCUT2D eigenvalue weighted by Gasteiger charge is -2.19. The van der Waals surface area contributed by atoms with Crippen LogP contribution in [0.25, 0.3) is 0 Å². The molecule has 1 aromatic rings. The number of amides is 2. The highest BCUT2D eigenvalue weighted by molar-refractivity contribution is 9.10. The molecule has 3 N–H and O–H groups in total. The minimum absolute atomic E-state index is 0.137. The number of carbonyl (C=O) groups excluding carboxylic acids is 2. The lowest BCUT2D eigenvalue weighted by Crippen LogP contribution is -2.20. The van der Waals surface area contributed by atoms with E-state index >= 15 is 0 Å².